The predicted molar refractivity (Wildman–Crippen MR) is 57.7 cm³/mol. The minimum Gasteiger partial charge on any atom is -0.492 e. The highest BCUT2D eigenvalue weighted by atomic mass is 19.1. The maximum Gasteiger partial charge on any atom is 0.129 e. The quantitative estimate of drug-likeness (QED) is 0.824. The summed E-state index contributed by atoms with van der Waals surface area (Å²) in [6, 6.07) is 5.43. The van der Waals surface area contributed by atoms with Crippen LogP contribution in [0.2, 0.25) is 0 Å². The van der Waals surface area contributed by atoms with Crippen LogP contribution in [-0.4, -0.2) is 19.2 Å². The van der Waals surface area contributed by atoms with Gasteiger partial charge in [0.15, 0.2) is 0 Å². The molecule has 1 aromatic rings. The van der Waals surface area contributed by atoms with Gasteiger partial charge in [0.1, 0.15) is 18.2 Å². The molecule has 0 radical (unpaired) electrons. The van der Waals surface area contributed by atoms with E-state index < -0.39 is 0 Å². The lowest BCUT2D eigenvalue weighted by molar-refractivity contribution is 0.276. The Hall–Kier alpha value is -1.09. The Labute approximate surface area is 89.4 Å². The van der Waals surface area contributed by atoms with Gasteiger partial charge >= 0.3 is 0 Å². The van der Waals surface area contributed by atoms with Crippen LogP contribution in [0.15, 0.2) is 18.2 Å². The van der Waals surface area contributed by atoms with Crippen LogP contribution in [0, 0.1) is 12.7 Å². The van der Waals surface area contributed by atoms with Crippen molar-refractivity contribution < 1.29 is 9.13 Å². The topological polar surface area (TPSA) is 21.3 Å². The summed E-state index contributed by atoms with van der Waals surface area (Å²) < 4.78 is 18.7. The normalized spacial score (nSPS) is 20.5. The summed E-state index contributed by atoms with van der Waals surface area (Å²) in [5.74, 6) is 0.415. The zero-order valence-corrected chi connectivity index (χ0v) is 8.92. The van der Waals surface area contributed by atoms with Gasteiger partial charge in [-0.15, -0.1) is 0 Å². The number of nitrogens with one attached hydrogen (secondary N) is 1. The van der Waals surface area contributed by atoms with Crippen LogP contribution in [0.25, 0.3) is 0 Å². The van der Waals surface area contributed by atoms with Gasteiger partial charge in [-0.05, 0) is 37.9 Å². The van der Waals surface area contributed by atoms with E-state index in [0.29, 0.717) is 24.0 Å². The molecule has 1 N–H and O–H groups in total. The van der Waals surface area contributed by atoms with Crippen molar-refractivity contribution in [2.24, 2.45) is 0 Å². The maximum absolute atomic E-state index is 13.2. The molecule has 1 aromatic carbocycles. The SMILES string of the molecule is Cc1ccc(OC[C@@H]2CCCN2)cc1F. The summed E-state index contributed by atoms with van der Waals surface area (Å²) in [7, 11) is 0. The Balaban J connectivity index is 1.90. The molecule has 0 amide bonds. The van der Waals surface area contributed by atoms with Crippen molar-refractivity contribution in [1.29, 1.82) is 0 Å². The van der Waals surface area contributed by atoms with Crippen LogP contribution >= 0.6 is 0 Å². The molecule has 82 valence electrons. The number of benzene rings is 1. The molecular weight excluding hydrogens is 193 g/mol. The van der Waals surface area contributed by atoms with E-state index >= 15 is 0 Å². The highest BCUT2D eigenvalue weighted by Crippen LogP contribution is 2.16. The molecule has 2 nitrogen and oxygen atoms in total. The number of ether oxygens (including phenoxy) is 1. The van der Waals surface area contributed by atoms with E-state index in [-0.39, 0.29) is 5.82 Å². The number of halogens is 1. The lowest BCUT2D eigenvalue weighted by Crippen LogP contribution is -2.28. The van der Waals surface area contributed by atoms with E-state index in [1.807, 2.05) is 6.07 Å². The van der Waals surface area contributed by atoms with Gasteiger partial charge in [0, 0.05) is 12.1 Å². The van der Waals surface area contributed by atoms with Crippen LogP contribution in [-0.2, 0) is 0 Å². The fourth-order valence-corrected chi connectivity index (χ4v) is 1.76. The molecule has 1 aliphatic rings. The van der Waals surface area contributed by atoms with Gasteiger partial charge in [0.25, 0.3) is 0 Å². The zero-order valence-electron chi connectivity index (χ0n) is 8.92. The monoisotopic (exact) mass is 209 g/mol. The van der Waals surface area contributed by atoms with Crippen LogP contribution in [0.4, 0.5) is 4.39 Å². The smallest absolute Gasteiger partial charge is 0.129 e. The Morgan fingerprint density at radius 3 is 3.07 bits per heavy atom. The molecule has 0 saturated carbocycles. The van der Waals surface area contributed by atoms with Gasteiger partial charge in [-0.2, -0.15) is 0 Å². The second-order valence-electron chi connectivity index (χ2n) is 4.02. The lowest BCUT2D eigenvalue weighted by Gasteiger charge is -2.12. The molecular formula is C12H16FNO. The fraction of sp³-hybridized carbons (Fsp3) is 0.500. The second kappa shape index (κ2) is 4.62. The molecule has 0 unspecified atom stereocenters. The standard InChI is InChI=1S/C12H16FNO/c1-9-4-5-11(7-12(9)13)15-8-10-3-2-6-14-10/h4-5,7,10,14H,2-3,6,8H2,1H3/t10-/m0/s1. The zero-order chi connectivity index (χ0) is 10.7. The Kier molecular flexibility index (Phi) is 3.21. The minimum absolute atomic E-state index is 0.202. The van der Waals surface area contributed by atoms with Gasteiger partial charge in [-0.1, -0.05) is 6.07 Å². The van der Waals surface area contributed by atoms with E-state index in [9.17, 15) is 4.39 Å². The summed E-state index contributed by atoms with van der Waals surface area (Å²) in [6.45, 7) is 3.44. The molecule has 1 heterocycles. The largest absolute Gasteiger partial charge is 0.492 e. The van der Waals surface area contributed by atoms with Crippen molar-refractivity contribution in [2.75, 3.05) is 13.2 Å². The van der Waals surface area contributed by atoms with Gasteiger partial charge in [-0.3, -0.25) is 0 Å². The summed E-state index contributed by atoms with van der Waals surface area (Å²) in [5, 5.41) is 3.33. The molecule has 15 heavy (non-hydrogen) atoms. The third-order valence-corrected chi connectivity index (χ3v) is 2.76. The number of hydrogen-bond acceptors (Lipinski definition) is 2. The maximum atomic E-state index is 13.2. The van der Waals surface area contributed by atoms with Crippen molar-refractivity contribution in [3.63, 3.8) is 0 Å². The molecule has 0 aliphatic carbocycles. The van der Waals surface area contributed by atoms with Crippen LogP contribution in [0.1, 0.15) is 18.4 Å². The highest BCUT2D eigenvalue weighted by molar-refractivity contribution is 5.28. The summed E-state index contributed by atoms with van der Waals surface area (Å²) in [5.41, 5.74) is 0.654. The van der Waals surface area contributed by atoms with E-state index in [4.69, 9.17) is 4.74 Å². The molecule has 0 bridgehead atoms. The van der Waals surface area contributed by atoms with Crippen molar-refractivity contribution in [2.45, 2.75) is 25.8 Å². The summed E-state index contributed by atoms with van der Waals surface area (Å²) >= 11 is 0. The number of hydrogen-bond donors (Lipinski definition) is 1. The third-order valence-electron chi connectivity index (χ3n) is 2.76. The molecule has 0 spiro atoms. The Bertz CT molecular complexity index is 334. The van der Waals surface area contributed by atoms with Crippen LogP contribution in [0.3, 0.4) is 0 Å². The van der Waals surface area contributed by atoms with Crippen molar-refractivity contribution in [1.82, 2.24) is 5.32 Å². The van der Waals surface area contributed by atoms with Crippen molar-refractivity contribution in [3.05, 3.63) is 29.6 Å². The fourth-order valence-electron chi connectivity index (χ4n) is 1.76. The number of aryl methyl sites for hydroxylation is 1. The predicted octanol–water partition coefficient (Wildman–Crippen LogP) is 2.26. The van der Waals surface area contributed by atoms with Crippen molar-refractivity contribution in [3.8, 4) is 5.75 Å². The van der Waals surface area contributed by atoms with Gasteiger partial charge in [0.2, 0.25) is 0 Å². The van der Waals surface area contributed by atoms with Crippen LogP contribution in [0.5, 0.6) is 5.75 Å². The molecule has 3 heteroatoms. The molecule has 1 aliphatic heterocycles. The number of rotatable bonds is 3. The lowest BCUT2D eigenvalue weighted by atomic mass is 10.2. The molecule has 1 fully saturated rings. The minimum atomic E-state index is -0.202. The molecule has 0 aromatic heterocycles. The molecule has 1 saturated heterocycles. The molecule has 2 rings (SSSR count). The van der Waals surface area contributed by atoms with Crippen molar-refractivity contribution >= 4 is 0 Å². The summed E-state index contributed by atoms with van der Waals surface area (Å²) in [6.07, 6.45) is 2.35. The third kappa shape index (κ3) is 2.69. The first-order valence-electron chi connectivity index (χ1n) is 5.38. The Morgan fingerprint density at radius 2 is 2.40 bits per heavy atom. The summed E-state index contributed by atoms with van der Waals surface area (Å²) in [4.78, 5) is 0. The first-order chi connectivity index (χ1) is 7.25. The Morgan fingerprint density at radius 1 is 1.53 bits per heavy atom. The van der Waals surface area contributed by atoms with Gasteiger partial charge in [0.05, 0.1) is 0 Å². The second-order valence-corrected chi connectivity index (χ2v) is 4.02. The van der Waals surface area contributed by atoms with Crippen LogP contribution < -0.4 is 10.1 Å². The van der Waals surface area contributed by atoms with E-state index in [2.05, 4.69) is 5.32 Å². The van der Waals surface area contributed by atoms with E-state index in [1.54, 1.807) is 13.0 Å². The van der Waals surface area contributed by atoms with Gasteiger partial charge in [-0.25, -0.2) is 4.39 Å². The average Bonchev–Trinajstić information content (AvgIpc) is 2.73. The van der Waals surface area contributed by atoms with E-state index in [0.717, 1.165) is 13.0 Å². The highest BCUT2D eigenvalue weighted by Gasteiger charge is 2.14. The first kappa shape index (κ1) is 10.4. The first-order valence-corrected chi connectivity index (χ1v) is 5.38. The molecule has 1 atom stereocenters. The average molecular weight is 209 g/mol. The van der Waals surface area contributed by atoms with Gasteiger partial charge < -0.3 is 10.1 Å². The van der Waals surface area contributed by atoms with E-state index in [1.165, 1.54) is 12.5 Å².